The summed E-state index contributed by atoms with van der Waals surface area (Å²) in [5.74, 6) is -0.286. The molecule has 6 nitrogen and oxygen atoms in total. The number of nitrogens with one attached hydrogen (secondary N) is 1. The molecule has 2 heterocycles. The predicted octanol–water partition coefficient (Wildman–Crippen LogP) is 2.71. The van der Waals surface area contributed by atoms with Crippen molar-refractivity contribution in [3.8, 4) is 0 Å². The molecule has 1 N–H and O–H groups in total. The van der Waals surface area contributed by atoms with Crippen LogP contribution >= 0.6 is 0 Å². The molecule has 30 heavy (non-hydrogen) atoms. The van der Waals surface area contributed by atoms with Crippen molar-refractivity contribution in [3.05, 3.63) is 76.6 Å². The third-order valence-corrected chi connectivity index (χ3v) is 5.53. The van der Waals surface area contributed by atoms with Gasteiger partial charge in [0.2, 0.25) is 5.91 Å². The quantitative estimate of drug-likeness (QED) is 0.681. The molecule has 4 rings (SSSR count). The molecule has 1 aliphatic heterocycles. The first-order chi connectivity index (χ1) is 14.6. The molecule has 1 fully saturated rings. The Morgan fingerprint density at radius 1 is 1.17 bits per heavy atom. The van der Waals surface area contributed by atoms with Crippen LogP contribution in [0.4, 0.5) is 4.39 Å². The van der Waals surface area contributed by atoms with E-state index in [0.717, 1.165) is 19.4 Å². The second kappa shape index (κ2) is 9.17. The van der Waals surface area contributed by atoms with E-state index in [1.165, 1.54) is 17.0 Å². The van der Waals surface area contributed by atoms with Gasteiger partial charge < -0.3 is 5.32 Å². The van der Waals surface area contributed by atoms with Gasteiger partial charge in [-0.2, -0.15) is 0 Å². The largest absolute Gasteiger partial charge is 0.352 e. The van der Waals surface area contributed by atoms with E-state index in [1.54, 1.807) is 30.3 Å². The van der Waals surface area contributed by atoms with Crippen LogP contribution in [-0.4, -0.2) is 39.5 Å². The van der Waals surface area contributed by atoms with E-state index in [1.807, 2.05) is 12.1 Å². The van der Waals surface area contributed by atoms with Crippen LogP contribution in [-0.2, 0) is 17.9 Å². The van der Waals surface area contributed by atoms with Crippen molar-refractivity contribution in [1.29, 1.82) is 0 Å². The Hall–Kier alpha value is -3.06. The van der Waals surface area contributed by atoms with Gasteiger partial charge in [-0.1, -0.05) is 30.3 Å². The fourth-order valence-corrected chi connectivity index (χ4v) is 3.97. The summed E-state index contributed by atoms with van der Waals surface area (Å²) in [4.78, 5) is 31.4. The van der Waals surface area contributed by atoms with Gasteiger partial charge in [0.15, 0.2) is 0 Å². The Morgan fingerprint density at radius 2 is 1.97 bits per heavy atom. The monoisotopic (exact) mass is 408 g/mol. The molecule has 0 aliphatic carbocycles. The lowest BCUT2D eigenvalue weighted by molar-refractivity contribution is -0.122. The van der Waals surface area contributed by atoms with Gasteiger partial charge in [-0.05, 0) is 37.6 Å². The first kappa shape index (κ1) is 20.2. The minimum absolute atomic E-state index is 0.0319. The molecule has 1 atom stereocenters. The number of benzene rings is 2. The highest BCUT2D eigenvalue weighted by Gasteiger charge is 2.22. The minimum Gasteiger partial charge on any atom is -0.352 e. The Bertz CT molecular complexity index is 1100. The molecular weight excluding hydrogens is 383 g/mol. The second-order valence-corrected chi connectivity index (χ2v) is 7.74. The summed E-state index contributed by atoms with van der Waals surface area (Å²) < 4.78 is 15.4. The summed E-state index contributed by atoms with van der Waals surface area (Å²) in [6.07, 6.45) is 3.56. The molecule has 0 spiro atoms. The molecule has 0 bridgehead atoms. The van der Waals surface area contributed by atoms with Crippen molar-refractivity contribution in [1.82, 2.24) is 19.8 Å². The molecule has 2 aromatic carbocycles. The molecule has 1 amide bonds. The first-order valence-corrected chi connectivity index (χ1v) is 10.3. The van der Waals surface area contributed by atoms with Gasteiger partial charge in [-0.15, -0.1) is 0 Å². The Morgan fingerprint density at radius 3 is 2.83 bits per heavy atom. The Balaban J connectivity index is 1.31. The van der Waals surface area contributed by atoms with E-state index in [9.17, 15) is 14.0 Å². The average Bonchev–Trinajstić information content (AvgIpc) is 2.75. The molecule has 7 heteroatoms. The molecule has 0 saturated carbocycles. The van der Waals surface area contributed by atoms with Crippen molar-refractivity contribution in [3.63, 3.8) is 0 Å². The van der Waals surface area contributed by atoms with Gasteiger partial charge in [-0.3, -0.25) is 19.1 Å². The lowest BCUT2D eigenvalue weighted by Crippen LogP contribution is -2.47. The van der Waals surface area contributed by atoms with Gasteiger partial charge in [0, 0.05) is 37.7 Å². The lowest BCUT2D eigenvalue weighted by atomic mass is 10.0. The van der Waals surface area contributed by atoms with E-state index in [0.29, 0.717) is 29.6 Å². The molecule has 0 radical (unpaired) electrons. The van der Waals surface area contributed by atoms with Crippen molar-refractivity contribution in [2.75, 3.05) is 13.1 Å². The predicted molar refractivity (Wildman–Crippen MR) is 113 cm³/mol. The number of piperidine rings is 1. The minimum atomic E-state index is -0.196. The van der Waals surface area contributed by atoms with E-state index in [2.05, 4.69) is 15.2 Å². The van der Waals surface area contributed by atoms with Gasteiger partial charge in [0.25, 0.3) is 5.56 Å². The lowest BCUT2D eigenvalue weighted by Gasteiger charge is -2.33. The molecule has 1 aromatic heterocycles. The van der Waals surface area contributed by atoms with E-state index >= 15 is 0 Å². The number of halogens is 1. The number of fused-ring (bicyclic) bond motifs is 1. The Labute approximate surface area is 174 Å². The standard InChI is InChI=1S/C23H25FN4O2/c24-20-9-3-1-6-17(20)14-27-12-5-7-18(15-27)26-22(29)11-13-28-16-25-21-10-4-2-8-19(21)23(28)30/h1-4,6,8-10,16,18H,5,7,11-15H2,(H,26,29)/t18-/m0/s1. The van der Waals surface area contributed by atoms with Crippen LogP contribution in [0.5, 0.6) is 0 Å². The molecule has 0 unspecified atom stereocenters. The third-order valence-electron chi connectivity index (χ3n) is 5.53. The third kappa shape index (κ3) is 4.74. The maximum Gasteiger partial charge on any atom is 0.261 e. The fraction of sp³-hybridized carbons (Fsp3) is 0.348. The van der Waals surface area contributed by atoms with Crippen LogP contribution in [0.3, 0.4) is 0 Å². The average molecular weight is 408 g/mol. The number of nitrogens with zero attached hydrogens (tertiary/aromatic N) is 3. The van der Waals surface area contributed by atoms with Crippen LogP contribution in [0.1, 0.15) is 24.8 Å². The van der Waals surface area contributed by atoms with Crippen LogP contribution in [0, 0.1) is 5.82 Å². The van der Waals surface area contributed by atoms with Crippen LogP contribution in [0.25, 0.3) is 10.9 Å². The maximum atomic E-state index is 13.9. The van der Waals surface area contributed by atoms with Crippen molar-refractivity contribution >= 4 is 16.8 Å². The summed E-state index contributed by atoms with van der Waals surface area (Å²) in [6.45, 7) is 2.40. The summed E-state index contributed by atoms with van der Waals surface area (Å²) >= 11 is 0. The molecule has 1 saturated heterocycles. The van der Waals surface area contributed by atoms with Crippen molar-refractivity contribution in [2.24, 2.45) is 0 Å². The van der Waals surface area contributed by atoms with Gasteiger partial charge >= 0.3 is 0 Å². The number of carbonyl (C=O) groups is 1. The van der Waals surface area contributed by atoms with Gasteiger partial charge in [0.1, 0.15) is 5.82 Å². The number of amides is 1. The summed E-state index contributed by atoms with van der Waals surface area (Å²) in [5.41, 5.74) is 1.19. The normalized spacial score (nSPS) is 17.2. The van der Waals surface area contributed by atoms with Gasteiger partial charge in [-0.25, -0.2) is 9.37 Å². The summed E-state index contributed by atoms with van der Waals surface area (Å²) in [7, 11) is 0. The highest BCUT2D eigenvalue weighted by Crippen LogP contribution is 2.16. The van der Waals surface area contributed by atoms with Gasteiger partial charge in [0.05, 0.1) is 17.2 Å². The zero-order valence-electron chi connectivity index (χ0n) is 16.8. The number of likely N-dealkylation sites (tertiary alicyclic amines) is 1. The van der Waals surface area contributed by atoms with E-state index in [-0.39, 0.29) is 36.3 Å². The topological polar surface area (TPSA) is 67.2 Å². The SMILES string of the molecule is O=C(CCn1cnc2ccccc2c1=O)N[C@H]1CCCN(Cc2ccccc2F)C1. The van der Waals surface area contributed by atoms with Crippen molar-refractivity contribution in [2.45, 2.75) is 38.4 Å². The number of carbonyl (C=O) groups excluding carboxylic acids is 1. The van der Waals surface area contributed by atoms with E-state index in [4.69, 9.17) is 0 Å². The molecule has 1 aliphatic rings. The fourth-order valence-electron chi connectivity index (χ4n) is 3.97. The van der Waals surface area contributed by atoms with E-state index < -0.39 is 0 Å². The maximum absolute atomic E-state index is 13.9. The number of aryl methyl sites for hydroxylation is 1. The summed E-state index contributed by atoms with van der Waals surface area (Å²) in [5, 5.41) is 3.62. The molecule has 3 aromatic rings. The van der Waals surface area contributed by atoms with Crippen LogP contribution in [0.2, 0.25) is 0 Å². The molecular formula is C23H25FN4O2. The Kier molecular flexibility index (Phi) is 6.18. The number of para-hydroxylation sites is 1. The zero-order valence-corrected chi connectivity index (χ0v) is 16.8. The zero-order chi connectivity index (χ0) is 20.9. The first-order valence-electron chi connectivity index (χ1n) is 10.3. The molecule has 156 valence electrons. The number of aromatic nitrogens is 2. The summed E-state index contributed by atoms with van der Waals surface area (Å²) in [6, 6.07) is 14.0. The smallest absolute Gasteiger partial charge is 0.261 e. The number of hydrogen-bond donors (Lipinski definition) is 1. The highest BCUT2D eigenvalue weighted by atomic mass is 19.1. The number of hydrogen-bond acceptors (Lipinski definition) is 4. The van der Waals surface area contributed by atoms with Crippen molar-refractivity contribution < 1.29 is 9.18 Å². The van der Waals surface area contributed by atoms with Crippen LogP contribution < -0.4 is 10.9 Å². The highest BCUT2D eigenvalue weighted by molar-refractivity contribution is 5.77. The second-order valence-electron chi connectivity index (χ2n) is 7.74. The van der Waals surface area contributed by atoms with Crippen LogP contribution in [0.15, 0.2) is 59.7 Å². The number of rotatable bonds is 6.